The number of hydrogen-bond acceptors (Lipinski definition) is 5. The van der Waals surface area contributed by atoms with Crippen molar-refractivity contribution in [2.24, 2.45) is 7.05 Å². The lowest BCUT2D eigenvalue weighted by atomic mass is 10.1. The summed E-state index contributed by atoms with van der Waals surface area (Å²) in [6, 6.07) is 10.3. The summed E-state index contributed by atoms with van der Waals surface area (Å²) in [5.41, 5.74) is 1.76. The highest BCUT2D eigenvalue weighted by atomic mass is 16.7. The number of nitrogens with one attached hydrogen (secondary N) is 1. The fourth-order valence-electron chi connectivity index (χ4n) is 3.19. The maximum absolute atomic E-state index is 12.6. The van der Waals surface area contributed by atoms with Gasteiger partial charge < -0.3 is 14.8 Å². The van der Waals surface area contributed by atoms with E-state index >= 15 is 0 Å². The molecule has 1 aliphatic rings. The Morgan fingerprint density at radius 3 is 2.48 bits per heavy atom. The molecule has 0 unspecified atom stereocenters. The quantitative estimate of drug-likeness (QED) is 0.711. The summed E-state index contributed by atoms with van der Waals surface area (Å²) < 4.78 is 13.5. The number of para-hydroxylation sites is 2. The number of ether oxygens (including phenoxy) is 2. The minimum atomic E-state index is -0.421. The zero-order valence-electron chi connectivity index (χ0n) is 14.8. The van der Waals surface area contributed by atoms with Crippen molar-refractivity contribution in [2.45, 2.75) is 13.5 Å². The van der Waals surface area contributed by atoms with Crippen molar-refractivity contribution >= 4 is 28.4 Å². The number of hydrogen-bond donors (Lipinski definition) is 1. The largest absolute Gasteiger partial charge is 0.454 e. The third-order valence-electron chi connectivity index (χ3n) is 4.52. The number of rotatable bonds is 4. The van der Waals surface area contributed by atoms with Gasteiger partial charge in [0.2, 0.25) is 12.7 Å². The fraction of sp³-hybridized carbons (Fsp3) is 0.211. The Morgan fingerprint density at radius 2 is 1.78 bits per heavy atom. The Kier molecular flexibility index (Phi) is 3.95. The number of imidazole rings is 1. The van der Waals surface area contributed by atoms with Gasteiger partial charge in [-0.25, -0.2) is 4.79 Å². The van der Waals surface area contributed by atoms with Gasteiger partial charge in [0.25, 0.3) is 0 Å². The molecule has 0 spiro atoms. The Hall–Kier alpha value is -3.55. The van der Waals surface area contributed by atoms with Crippen molar-refractivity contribution < 1.29 is 19.1 Å². The smallest absolute Gasteiger partial charge is 0.329 e. The first-order valence-electron chi connectivity index (χ1n) is 8.34. The van der Waals surface area contributed by atoms with Gasteiger partial charge in [0.15, 0.2) is 17.3 Å². The van der Waals surface area contributed by atoms with Crippen LogP contribution in [-0.2, 0) is 18.4 Å². The van der Waals surface area contributed by atoms with Crippen LogP contribution in [0.5, 0.6) is 11.5 Å². The first-order chi connectivity index (χ1) is 13.0. The average molecular weight is 367 g/mol. The van der Waals surface area contributed by atoms with E-state index < -0.39 is 5.91 Å². The van der Waals surface area contributed by atoms with Gasteiger partial charge in [-0.05, 0) is 25.1 Å². The third-order valence-corrected chi connectivity index (χ3v) is 4.52. The fourth-order valence-corrected chi connectivity index (χ4v) is 3.19. The number of ketones is 1. The Morgan fingerprint density at radius 1 is 1.11 bits per heavy atom. The van der Waals surface area contributed by atoms with Crippen LogP contribution in [0.2, 0.25) is 0 Å². The van der Waals surface area contributed by atoms with Crippen molar-refractivity contribution in [2.75, 3.05) is 12.1 Å². The molecule has 1 aliphatic heterocycles. The molecule has 0 saturated heterocycles. The van der Waals surface area contributed by atoms with Crippen LogP contribution in [-0.4, -0.2) is 27.6 Å². The van der Waals surface area contributed by atoms with Gasteiger partial charge >= 0.3 is 5.69 Å². The van der Waals surface area contributed by atoms with Crippen LogP contribution in [0.15, 0.2) is 41.2 Å². The SMILES string of the molecule is CC(=O)c1cc2c(cc1NC(=O)Cn1c(=O)n(C)c3ccccc31)OCO2. The lowest BCUT2D eigenvalue weighted by molar-refractivity contribution is -0.116. The van der Waals surface area contributed by atoms with Crippen molar-refractivity contribution in [1.29, 1.82) is 0 Å². The molecule has 1 aromatic heterocycles. The second-order valence-electron chi connectivity index (χ2n) is 6.27. The molecule has 3 aromatic rings. The summed E-state index contributed by atoms with van der Waals surface area (Å²) in [4.78, 5) is 37.0. The highest BCUT2D eigenvalue weighted by Gasteiger charge is 2.21. The predicted octanol–water partition coefficient (Wildman–Crippen LogP) is 1.91. The van der Waals surface area contributed by atoms with Crippen molar-refractivity contribution in [1.82, 2.24) is 9.13 Å². The zero-order chi connectivity index (χ0) is 19.1. The van der Waals surface area contributed by atoms with Gasteiger partial charge in [-0.15, -0.1) is 0 Å². The molecule has 138 valence electrons. The molecule has 0 atom stereocenters. The average Bonchev–Trinajstić information content (AvgIpc) is 3.19. The molecule has 0 aliphatic carbocycles. The number of nitrogens with zero attached hydrogens (tertiary/aromatic N) is 2. The van der Waals surface area contributed by atoms with Gasteiger partial charge in [0.1, 0.15) is 6.54 Å². The molecule has 4 rings (SSSR count). The van der Waals surface area contributed by atoms with Gasteiger partial charge in [0.05, 0.1) is 16.7 Å². The monoisotopic (exact) mass is 367 g/mol. The number of benzene rings is 2. The van der Waals surface area contributed by atoms with Crippen molar-refractivity contribution in [3.63, 3.8) is 0 Å². The van der Waals surface area contributed by atoms with Crippen LogP contribution in [0.3, 0.4) is 0 Å². The van der Waals surface area contributed by atoms with E-state index in [0.717, 1.165) is 5.52 Å². The van der Waals surface area contributed by atoms with Gasteiger partial charge in [-0.1, -0.05) is 12.1 Å². The van der Waals surface area contributed by atoms with E-state index in [1.54, 1.807) is 25.2 Å². The minimum absolute atomic E-state index is 0.0650. The van der Waals surface area contributed by atoms with E-state index in [4.69, 9.17) is 9.47 Å². The van der Waals surface area contributed by atoms with Crippen LogP contribution in [0.1, 0.15) is 17.3 Å². The third kappa shape index (κ3) is 2.84. The first-order valence-corrected chi connectivity index (χ1v) is 8.34. The summed E-state index contributed by atoms with van der Waals surface area (Å²) in [6.07, 6.45) is 0. The van der Waals surface area contributed by atoms with Crippen LogP contribution in [0.25, 0.3) is 11.0 Å². The summed E-state index contributed by atoms with van der Waals surface area (Å²) >= 11 is 0. The van der Waals surface area contributed by atoms with Crippen molar-refractivity contribution in [3.8, 4) is 11.5 Å². The number of aromatic nitrogens is 2. The highest BCUT2D eigenvalue weighted by Crippen LogP contribution is 2.37. The molecule has 27 heavy (non-hydrogen) atoms. The summed E-state index contributed by atoms with van der Waals surface area (Å²) in [5.74, 6) is 0.279. The van der Waals surface area contributed by atoms with Crippen LogP contribution >= 0.6 is 0 Å². The molecule has 0 bridgehead atoms. The van der Waals surface area contributed by atoms with E-state index in [2.05, 4.69) is 5.32 Å². The molecule has 0 fully saturated rings. The lowest BCUT2D eigenvalue weighted by Gasteiger charge is -2.11. The van der Waals surface area contributed by atoms with E-state index in [1.165, 1.54) is 16.1 Å². The molecular weight excluding hydrogens is 350 g/mol. The van der Waals surface area contributed by atoms with Crippen LogP contribution in [0.4, 0.5) is 5.69 Å². The lowest BCUT2D eigenvalue weighted by Crippen LogP contribution is -2.28. The number of carbonyl (C=O) groups excluding carboxylic acids is 2. The Labute approximate surface area is 153 Å². The first kappa shape index (κ1) is 16.9. The molecule has 8 heteroatoms. The number of anilines is 1. The summed E-state index contributed by atoms with van der Waals surface area (Å²) in [5, 5.41) is 2.71. The molecule has 2 heterocycles. The molecule has 0 saturated carbocycles. The Balaban J connectivity index is 1.66. The number of amides is 1. The zero-order valence-corrected chi connectivity index (χ0v) is 14.8. The standard InChI is InChI=1S/C19H17N3O5/c1-11(23)12-7-16-17(27-10-26-16)8-13(12)20-18(24)9-22-15-6-4-3-5-14(15)21(2)19(22)25/h3-8H,9-10H2,1-2H3,(H,20,24). The summed E-state index contributed by atoms with van der Waals surface area (Å²) in [7, 11) is 1.66. The Bertz CT molecular complexity index is 1140. The van der Waals surface area contributed by atoms with Crippen molar-refractivity contribution in [3.05, 3.63) is 52.4 Å². The minimum Gasteiger partial charge on any atom is -0.454 e. The molecule has 8 nitrogen and oxygen atoms in total. The van der Waals surface area contributed by atoms with E-state index in [-0.39, 0.29) is 24.8 Å². The number of carbonyl (C=O) groups is 2. The number of fused-ring (bicyclic) bond motifs is 2. The molecular formula is C19H17N3O5. The molecule has 2 aromatic carbocycles. The maximum atomic E-state index is 12.6. The normalized spacial score (nSPS) is 12.4. The van der Waals surface area contributed by atoms with Crippen LogP contribution < -0.4 is 20.5 Å². The second kappa shape index (κ2) is 6.31. The van der Waals surface area contributed by atoms with Gasteiger partial charge in [-0.2, -0.15) is 0 Å². The number of Topliss-reactive ketones (excluding diaryl/α,β-unsaturated/α-hetero) is 1. The topological polar surface area (TPSA) is 91.6 Å². The number of aryl methyl sites for hydroxylation is 1. The predicted molar refractivity (Wildman–Crippen MR) is 98.4 cm³/mol. The van der Waals surface area contributed by atoms with Gasteiger partial charge in [-0.3, -0.25) is 18.7 Å². The molecule has 1 amide bonds. The second-order valence-corrected chi connectivity index (χ2v) is 6.27. The maximum Gasteiger partial charge on any atom is 0.329 e. The van der Waals surface area contributed by atoms with E-state index in [9.17, 15) is 14.4 Å². The van der Waals surface area contributed by atoms with E-state index in [1.807, 2.05) is 18.2 Å². The summed E-state index contributed by atoms with van der Waals surface area (Å²) in [6.45, 7) is 1.30. The molecule has 1 N–H and O–H groups in total. The highest BCUT2D eigenvalue weighted by molar-refractivity contribution is 6.04. The molecule has 0 radical (unpaired) electrons. The van der Waals surface area contributed by atoms with E-state index in [0.29, 0.717) is 28.3 Å². The van der Waals surface area contributed by atoms with Gasteiger partial charge in [0, 0.05) is 18.7 Å². The van der Waals surface area contributed by atoms with Crippen LogP contribution in [0, 0.1) is 0 Å².